The first-order valence-corrected chi connectivity index (χ1v) is 6.44. The van der Waals surface area contributed by atoms with Crippen LogP contribution in [0.3, 0.4) is 0 Å². The van der Waals surface area contributed by atoms with E-state index < -0.39 is 0 Å². The number of fused-ring (bicyclic) bond motifs is 1. The molecule has 13 heavy (non-hydrogen) atoms. The van der Waals surface area contributed by atoms with Crippen molar-refractivity contribution in [1.29, 1.82) is 0 Å². The summed E-state index contributed by atoms with van der Waals surface area (Å²) in [7, 11) is 1.97. The standard InChI is InChI=1S/C9H12INOS/c1-11-9(10)7-8-6(2-4-12-7)3-5-13-8/h3,5,7,9,11H,2,4H2,1H3/t7?,9-/m1/s1. The molecule has 1 aromatic rings. The zero-order valence-electron chi connectivity index (χ0n) is 7.42. The smallest absolute Gasteiger partial charge is 0.116 e. The van der Waals surface area contributed by atoms with E-state index >= 15 is 0 Å². The average Bonchev–Trinajstić information content (AvgIpc) is 2.63. The summed E-state index contributed by atoms with van der Waals surface area (Å²) < 4.78 is 6.13. The predicted octanol–water partition coefficient (Wildman–Crippen LogP) is 2.34. The molecule has 1 N–H and O–H groups in total. The van der Waals surface area contributed by atoms with Crippen molar-refractivity contribution in [3.63, 3.8) is 0 Å². The molecule has 0 amide bonds. The van der Waals surface area contributed by atoms with E-state index in [2.05, 4.69) is 39.4 Å². The summed E-state index contributed by atoms with van der Waals surface area (Å²) in [6.45, 7) is 0.857. The van der Waals surface area contributed by atoms with Gasteiger partial charge < -0.3 is 10.1 Å². The molecule has 0 spiro atoms. The fourth-order valence-electron chi connectivity index (χ4n) is 1.54. The third-order valence-electron chi connectivity index (χ3n) is 2.25. The van der Waals surface area contributed by atoms with E-state index in [1.54, 1.807) is 0 Å². The number of hydrogen-bond acceptors (Lipinski definition) is 3. The molecule has 1 aliphatic heterocycles. The number of likely N-dealkylation sites (N-methyl/N-ethyl adjacent to an activating group) is 1. The van der Waals surface area contributed by atoms with E-state index in [9.17, 15) is 0 Å². The van der Waals surface area contributed by atoms with Crippen LogP contribution >= 0.6 is 33.9 Å². The Hall–Kier alpha value is 0.350. The second kappa shape index (κ2) is 4.25. The summed E-state index contributed by atoms with van der Waals surface area (Å²) in [5.41, 5.74) is 1.47. The lowest BCUT2D eigenvalue weighted by Gasteiger charge is -2.26. The van der Waals surface area contributed by atoms with E-state index in [1.807, 2.05) is 18.4 Å². The third kappa shape index (κ3) is 1.91. The van der Waals surface area contributed by atoms with Crippen LogP contribution in [0, 0.1) is 0 Å². The van der Waals surface area contributed by atoms with Gasteiger partial charge in [0.25, 0.3) is 0 Å². The van der Waals surface area contributed by atoms with Crippen LogP contribution in [-0.2, 0) is 11.2 Å². The quantitative estimate of drug-likeness (QED) is 0.514. The third-order valence-corrected chi connectivity index (χ3v) is 4.55. The van der Waals surface area contributed by atoms with Crippen molar-refractivity contribution >= 4 is 33.9 Å². The molecule has 72 valence electrons. The fraction of sp³-hybridized carbons (Fsp3) is 0.556. The van der Waals surface area contributed by atoms with Crippen LogP contribution in [-0.4, -0.2) is 17.7 Å². The van der Waals surface area contributed by atoms with Crippen LogP contribution in [0.1, 0.15) is 16.5 Å². The first-order chi connectivity index (χ1) is 6.33. The molecule has 2 heterocycles. The Morgan fingerprint density at radius 3 is 3.38 bits per heavy atom. The van der Waals surface area contributed by atoms with Gasteiger partial charge in [-0.25, -0.2) is 0 Å². The number of hydrogen-bond donors (Lipinski definition) is 1. The molecule has 0 saturated heterocycles. The molecule has 1 aliphatic rings. The molecule has 2 atom stereocenters. The molecular formula is C9H12INOS. The topological polar surface area (TPSA) is 21.3 Å². The first kappa shape index (κ1) is 9.89. The molecule has 0 radical (unpaired) electrons. The van der Waals surface area contributed by atoms with Crippen molar-refractivity contribution in [1.82, 2.24) is 5.32 Å². The summed E-state index contributed by atoms with van der Waals surface area (Å²) in [5, 5.41) is 5.39. The highest BCUT2D eigenvalue weighted by Gasteiger charge is 2.27. The molecule has 1 unspecified atom stereocenters. The zero-order chi connectivity index (χ0) is 9.26. The van der Waals surface area contributed by atoms with E-state index in [0.29, 0.717) is 4.05 Å². The summed E-state index contributed by atoms with van der Waals surface area (Å²) in [5.74, 6) is 0. The second-order valence-corrected chi connectivity index (χ2v) is 5.33. The summed E-state index contributed by atoms with van der Waals surface area (Å²) in [4.78, 5) is 1.40. The lowest BCUT2D eigenvalue weighted by molar-refractivity contribution is 0.0428. The molecular weight excluding hydrogens is 297 g/mol. The Balaban J connectivity index is 2.24. The molecule has 0 aromatic carbocycles. The second-order valence-electron chi connectivity index (χ2n) is 3.04. The van der Waals surface area contributed by atoms with Crippen molar-refractivity contribution < 1.29 is 4.74 Å². The number of nitrogens with one attached hydrogen (secondary N) is 1. The maximum absolute atomic E-state index is 5.76. The Labute approximate surface area is 95.8 Å². The number of rotatable bonds is 2. The number of alkyl halides is 1. The maximum atomic E-state index is 5.76. The van der Waals surface area contributed by atoms with E-state index in [4.69, 9.17) is 4.74 Å². The summed E-state index contributed by atoms with van der Waals surface area (Å²) in [6.07, 6.45) is 1.32. The van der Waals surface area contributed by atoms with Gasteiger partial charge in [0.15, 0.2) is 0 Å². The van der Waals surface area contributed by atoms with Gasteiger partial charge in [0.05, 0.1) is 10.7 Å². The highest BCUT2D eigenvalue weighted by molar-refractivity contribution is 14.1. The number of halogens is 1. The van der Waals surface area contributed by atoms with Crippen LogP contribution in [0.15, 0.2) is 11.4 Å². The molecule has 0 bridgehead atoms. The lowest BCUT2D eigenvalue weighted by atomic mass is 10.1. The molecule has 0 aliphatic carbocycles. The van der Waals surface area contributed by atoms with Crippen molar-refractivity contribution in [2.24, 2.45) is 0 Å². The maximum Gasteiger partial charge on any atom is 0.116 e. The van der Waals surface area contributed by atoms with Crippen LogP contribution < -0.4 is 5.32 Å². The van der Waals surface area contributed by atoms with Gasteiger partial charge in [-0.3, -0.25) is 0 Å². The van der Waals surface area contributed by atoms with Gasteiger partial charge in [-0.2, -0.15) is 0 Å². The minimum atomic E-state index is 0.245. The largest absolute Gasteiger partial charge is 0.370 e. The van der Waals surface area contributed by atoms with Gasteiger partial charge >= 0.3 is 0 Å². The van der Waals surface area contributed by atoms with Gasteiger partial charge in [0, 0.05) is 4.88 Å². The van der Waals surface area contributed by atoms with Crippen molar-refractivity contribution in [2.45, 2.75) is 16.6 Å². The monoisotopic (exact) mass is 309 g/mol. The molecule has 2 nitrogen and oxygen atoms in total. The van der Waals surface area contributed by atoms with Gasteiger partial charge in [-0.15, -0.1) is 11.3 Å². The number of thiophene rings is 1. The molecule has 1 aromatic heterocycles. The molecule has 0 fully saturated rings. The first-order valence-electron chi connectivity index (χ1n) is 4.32. The minimum Gasteiger partial charge on any atom is -0.370 e. The summed E-state index contributed by atoms with van der Waals surface area (Å²) >= 11 is 4.20. The van der Waals surface area contributed by atoms with Crippen LogP contribution in [0.25, 0.3) is 0 Å². The van der Waals surface area contributed by atoms with Crippen LogP contribution in [0.2, 0.25) is 0 Å². The molecule has 4 heteroatoms. The van der Waals surface area contributed by atoms with Crippen molar-refractivity contribution in [2.75, 3.05) is 13.7 Å². The zero-order valence-corrected chi connectivity index (χ0v) is 10.4. The van der Waals surface area contributed by atoms with E-state index in [-0.39, 0.29) is 6.10 Å². The van der Waals surface area contributed by atoms with E-state index in [0.717, 1.165) is 13.0 Å². The van der Waals surface area contributed by atoms with Crippen LogP contribution in [0.4, 0.5) is 0 Å². The molecule has 0 saturated carbocycles. The SMILES string of the molecule is CN[C@@H](I)C1OCCc2ccsc21. The lowest BCUT2D eigenvalue weighted by Crippen LogP contribution is -2.30. The van der Waals surface area contributed by atoms with Gasteiger partial charge in [-0.05, 0) is 30.5 Å². The Morgan fingerprint density at radius 1 is 1.77 bits per heavy atom. The average molecular weight is 309 g/mol. The Bertz CT molecular complexity index is 289. The summed E-state index contributed by atoms with van der Waals surface area (Å²) in [6, 6.07) is 2.22. The van der Waals surface area contributed by atoms with Crippen molar-refractivity contribution in [3.05, 3.63) is 21.9 Å². The van der Waals surface area contributed by atoms with E-state index in [1.165, 1.54) is 10.4 Å². The van der Waals surface area contributed by atoms with Gasteiger partial charge in [0.1, 0.15) is 6.10 Å². The van der Waals surface area contributed by atoms with Crippen LogP contribution in [0.5, 0.6) is 0 Å². The predicted molar refractivity (Wildman–Crippen MR) is 63.6 cm³/mol. The van der Waals surface area contributed by atoms with Gasteiger partial charge in [-0.1, -0.05) is 22.6 Å². The molecule has 2 rings (SSSR count). The highest BCUT2D eigenvalue weighted by atomic mass is 127. The minimum absolute atomic E-state index is 0.245. The Morgan fingerprint density at radius 2 is 2.62 bits per heavy atom. The fourth-order valence-corrected chi connectivity index (χ4v) is 3.39. The highest BCUT2D eigenvalue weighted by Crippen LogP contribution is 2.35. The van der Waals surface area contributed by atoms with Gasteiger partial charge in [0.2, 0.25) is 0 Å². The number of ether oxygens (including phenoxy) is 1. The normalized spacial score (nSPS) is 24.0. The van der Waals surface area contributed by atoms with Crippen molar-refractivity contribution in [3.8, 4) is 0 Å². The Kier molecular flexibility index (Phi) is 3.23.